The van der Waals surface area contributed by atoms with Crippen molar-refractivity contribution in [3.05, 3.63) is 99.6 Å². The quantitative estimate of drug-likeness (QED) is 0.495. The molecule has 0 aliphatic heterocycles. The smallest absolute Gasteiger partial charge is 0.320 e. The topological polar surface area (TPSA) is 32.3 Å². The van der Waals surface area contributed by atoms with Crippen molar-refractivity contribution in [3.8, 4) is 0 Å². The van der Waals surface area contributed by atoms with E-state index < -0.39 is 0 Å². The molecule has 0 bridgehead atoms. The Balaban J connectivity index is 1.76. The number of carbonyl (C=O) groups is 1. The van der Waals surface area contributed by atoms with Crippen LogP contribution in [0.2, 0.25) is 5.02 Å². The van der Waals surface area contributed by atoms with E-state index in [1.54, 1.807) is 0 Å². The lowest BCUT2D eigenvalue weighted by atomic mass is 10.1. The summed E-state index contributed by atoms with van der Waals surface area (Å²) in [6.45, 7) is 7.25. The number of benzene rings is 3. The van der Waals surface area contributed by atoms with Crippen LogP contribution in [0.15, 0.2) is 66.7 Å². The lowest BCUT2D eigenvalue weighted by Gasteiger charge is -2.24. The largest absolute Gasteiger partial charge is 0.322 e. The van der Waals surface area contributed by atoms with Crippen molar-refractivity contribution in [2.24, 2.45) is 0 Å². The zero-order chi connectivity index (χ0) is 20.8. The van der Waals surface area contributed by atoms with Crippen molar-refractivity contribution >= 4 is 23.3 Å². The molecule has 0 spiro atoms. The van der Waals surface area contributed by atoms with E-state index in [4.69, 9.17) is 11.6 Å². The summed E-state index contributed by atoms with van der Waals surface area (Å²) in [4.78, 5) is 14.9. The first-order valence-corrected chi connectivity index (χ1v) is 10.2. The molecule has 0 unspecified atom stereocenters. The predicted molar refractivity (Wildman–Crippen MR) is 122 cm³/mol. The summed E-state index contributed by atoms with van der Waals surface area (Å²) in [5.74, 6) is 0. The Kier molecular flexibility index (Phi) is 6.95. The molecule has 0 saturated heterocycles. The molecule has 3 aromatic carbocycles. The maximum atomic E-state index is 13.1. The number of rotatable bonds is 6. The molecule has 3 aromatic rings. The van der Waals surface area contributed by atoms with Gasteiger partial charge in [0, 0.05) is 23.8 Å². The minimum absolute atomic E-state index is 0.107. The van der Waals surface area contributed by atoms with Crippen LogP contribution in [0.3, 0.4) is 0 Å². The third-order valence-corrected chi connectivity index (χ3v) is 5.20. The van der Waals surface area contributed by atoms with E-state index in [9.17, 15) is 4.79 Å². The van der Waals surface area contributed by atoms with Crippen molar-refractivity contribution < 1.29 is 4.79 Å². The first-order chi connectivity index (χ1) is 13.9. The minimum atomic E-state index is -0.107. The number of nitrogens with one attached hydrogen (secondary N) is 1. The molecule has 0 heterocycles. The van der Waals surface area contributed by atoms with Gasteiger partial charge in [-0.3, -0.25) is 0 Å². The number of aryl methyl sites for hydroxylation is 3. The summed E-state index contributed by atoms with van der Waals surface area (Å²) in [6, 6.07) is 22.0. The highest BCUT2D eigenvalue weighted by atomic mass is 35.5. The van der Waals surface area contributed by atoms with Gasteiger partial charge in [-0.15, -0.1) is 0 Å². The highest BCUT2D eigenvalue weighted by Crippen LogP contribution is 2.18. The summed E-state index contributed by atoms with van der Waals surface area (Å²) in [5, 5.41) is 3.75. The molecular weight excluding hydrogens is 380 g/mol. The summed E-state index contributed by atoms with van der Waals surface area (Å²) in [6.07, 6.45) is 0.793. The monoisotopic (exact) mass is 406 g/mol. The van der Waals surface area contributed by atoms with Crippen LogP contribution in [0.5, 0.6) is 0 Å². The summed E-state index contributed by atoms with van der Waals surface area (Å²) >= 11 is 6.14. The van der Waals surface area contributed by atoms with Crippen molar-refractivity contribution in [1.82, 2.24) is 4.90 Å². The zero-order valence-corrected chi connectivity index (χ0v) is 18.0. The maximum Gasteiger partial charge on any atom is 0.322 e. The highest BCUT2D eigenvalue weighted by molar-refractivity contribution is 6.30. The van der Waals surface area contributed by atoms with Crippen LogP contribution < -0.4 is 5.32 Å². The van der Waals surface area contributed by atoms with Crippen molar-refractivity contribution in [2.75, 3.05) is 11.9 Å². The number of amides is 2. The number of anilines is 1. The number of halogens is 1. The Morgan fingerprint density at radius 1 is 0.897 bits per heavy atom. The molecule has 0 radical (unpaired) electrons. The van der Waals surface area contributed by atoms with Gasteiger partial charge in [0.05, 0.1) is 0 Å². The van der Waals surface area contributed by atoms with Gasteiger partial charge >= 0.3 is 6.03 Å². The second kappa shape index (κ2) is 9.62. The van der Waals surface area contributed by atoms with Crippen LogP contribution in [0.25, 0.3) is 0 Å². The van der Waals surface area contributed by atoms with Crippen molar-refractivity contribution in [3.63, 3.8) is 0 Å². The summed E-state index contributed by atoms with van der Waals surface area (Å²) in [5.41, 5.74) is 6.53. The van der Waals surface area contributed by atoms with E-state index in [-0.39, 0.29) is 6.03 Å². The number of urea groups is 1. The number of hydrogen-bond acceptors (Lipinski definition) is 1. The SMILES string of the molecule is Cc1ccc(CCN(Cc2cccc(Cl)c2)C(=O)Nc2ccc(C)cc2C)cc1. The fraction of sp³-hybridized carbons (Fsp3) is 0.240. The van der Waals surface area contributed by atoms with Gasteiger partial charge < -0.3 is 10.2 Å². The molecule has 150 valence electrons. The molecule has 3 nitrogen and oxygen atoms in total. The molecule has 3 rings (SSSR count). The lowest BCUT2D eigenvalue weighted by molar-refractivity contribution is 0.210. The van der Waals surface area contributed by atoms with Crippen molar-refractivity contribution in [1.29, 1.82) is 0 Å². The van der Waals surface area contributed by atoms with E-state index in [0.717, 1.165) is 23.2 Å². The van der Waals surface area contributed by atoms with E-state index in [1.807, 2.05) is 55.1 Å². The normalized spacial score (nSPS) is 10.6. The summed E-state index contributed by atoms with van der Waals surface area (Å²) in [7, 11) is 0. The van der Waals surface area contributed by atoms with Crippen LogP contribution in [0.4, 0.5) is 10.5 Å². The van der Waals surface area contributed by atoms with Crippen LogP contribution in [-0.2, 0) is 13.0 Å². The van der Waals surface area contributed by atoms with Crippen LogP contribution >= 0.6 is 11.6 Å². The molecular formula is C25H27ClN2O. The number of nitrogens with zero attached hydrogens (tertiary/aromatic N) is 1. The molecule has 0 fully saturated rings. The molecule has 0 aliphatic carbocycles. The van der Waals surface area contributed by atoms with Gasteiger partial charge in [-0.2, -0.15) is 0 Å². The van der Waals surface area contributed by atoms with Crippen LogP contribution in [0.1, 0.15) is 27.8 Å². The minimum Gasteiger partial charge on any atom is -0.320 e. The van der Waals surface area contributed by atoms with Gasteiger partial charge in [-0.1, -0.05) is 71.3 Å². The second-order valence-electron chi connectivity index (χ2n) is 7.54. The van der Waals surface area contributed by atoms with Gasteiger partial charge in [-0.25, -0.2) is 4.79 Å². The molecule has 1 N–H and O–H groups in total. The van der Waals surface area contributed by atoms with Gasteiger partial charge in [0.15, 0.2) is 0 Å². The highest BCUT2D eigenvalue weighted by Gasteiger charge is 2.15. The number of carbonyl (C=O) groups excluding carboxylic acids is 1. The Hall–Kier alpha value is -2.78. The van der Waals surface area contributed by atoms with Gasteiger partial charge in [-0.05, 0) is 62.1 Å². The fourth-order valence-electron chi connectivity index (χ4n) is 3.28. The van der Waals surface area contributed by atoms with Gasteiger partial charge in [0.1, 0.15) is 0 Å². The first-order valence-electron chi connectivity index (χ1n) is 9.84. The van der Waals surface area contributed by atoms with Crippen molar-refractivity contribution in [2.45, 2.75) is 33.7 Å². The number of hydrogen-bond donors (Lipinski definition) is 1. The van der Waals surface area contributed by atoms with E-state index in [0.29, 0.717) is 18.1 Å². The van der Waals surface area contributed by atoms with Gasteiger partial charge in [0.25, 0.3) is 0 Å². The molecule has 2 amide bonds. The van der Waals surface area contributed by atoms with Crippen LogP contribution in [0, 0.1) is 20.8 Å². The third kappa shape index (κ3) is 6.10. The third-order valence-electron chi connectivity index (χ3n) is 4.96. The molecule has 29 heavy (non-hydrogen) atoms. The standard InChI is InChI=1S/C25H27ClN2O/c1-18-7-10-21(11-8-18)13-14-28(17-22-5-4-6-23(26)16-22)25(29)27-24-12-9-19(2)15-20(24)3/h4-12,15-16H,13-14,17H2,1-3H3,(H,27,29). The average Bonchev–Trinajstić information content (AvgIpc) is 2.68. The van der Waals surface area contributed by atoms with E-state index in [2.05, 4.69) is 42.6 Å². The zero-order valence-electron chi connectivity index (χ0n) is 17.2. The van der Waals surface area contributed by atoms with Gasteiger partial charge in [0.2, 0.25) is 0 Å². The Bertz CT molecular complexity index is 982. The Morgan fingerprint density at radius 2 is 1.62 bits per heavy atom. The molecule has 0 saturated carbocycles. The van der Waals surface area contributed by atoms with Crippen LogP contribution in [-0.4, -0.2) is 17.5 Å². The Morgan fingerprint density at radius 3 is 2.31 bits per heavy atom. The lowest BCUT2D eigenvalue weighted by Crippen LogP contribution is -2.36. The fourth-order valence-corrected chi connectivity index (χ4v) is 3.49. The molecule has 0 aliphatic rings. The maximum absolute atomic E-state index is 13.1. The predicted octanol–water partition coefficient (Wildman–Crippen LogP) is 6.54. The summed E-state index contributed by atoms with van der Waals surface area (Å²) < 4.78 is 0. The second-order valence-corrected chi connectivity index (χ2v) is 7.97. The molecule has 4 heteroatoms. The Labute approximate surface area is 178 Å². The van der Waals surface area contributed by atoms with E-state index >= 15 is 0 Å². The first kappa shape index (κ1) is 20.9. The molecule has 0 atom stereocenters. The average molecular weight is 407 g/mol. The molecule has 0 aromatic heterocycles. The van der Waals surface area contributed by atoms with E-state index in [1.165, 1.54) is 16.7 Å².